The van der Waals surface area contributed by atoms with Gasteiger partial charge in [0.1, 0.15) is 17.5 Å². The molecule has 4 N–H and O–H groups in total. The second-order valence-electron chi connectivity index (χ2n) is 6.07. The number of nitrogens with two attached hydrogens (primary N) is 1. The average molecular weight is 249 g/mol. The van der Waals surface area contributed by atoms with Crippen LogP contribution in [-0.4, -0.2) is 16.5 Å². The first kappa shape index (κ1) is 13.1. The van der Waals surface area contributed by atoms with Crippen molar-refractivity contribution in [1.29, 1.82) is 0 Å². The van der Waals surface area contributed by atoms with E-state index in [-0.39, 0.29) is 5.92 Å². The minimum Gasteiger partial charge on any atom is -0.370 e. The molecule has 1 aliphatic carbocycles. The van der Waals surface area contributed by atoms with E-state index in [9.17, 15) is 0 Å². The maximum Gasteiger partial charge on any atom is 0.145 e. The molecule has 5 heteroatoms. The largest absolute Gasteiger partial charge is 0.370 e. The van der Waals surface area contributed by atoms with E-state index < -0.39 is 0 Å². The molecule has 0 amide bonds. The summed E-state index contributed by atoms with van der Waals surface area (Å²) in [5, 5.41) is 3.39. The molecule has 0 aliphatic heterocycles. The molecule has 0 spiro atoms. The summed E-state index contributed by atoms with van der Waals surface area (Å²) in [4.78, 5) is 8.85. The minimum absolute atomic E-state index is 0.288. The van der Waals surface area contributed by atoms with Crippen molar-refractivity contribution in [1.82, 2.24) is 9.97 Å². The third-order valence-electron chi connectivity index (χ3n) is 3.65. The fraction of sp³-hybridized carbons (Fsp3) is 0.692. The summed E-state index contributed by atoms with van der Waals surface area (Å²) in [6.07, 6.45) is 1.28. The maximum absolute atomic E-state index is 5.43. The highest BCUT2D eigenvalue weighted by Crippen LogP contribution is 2.51. The van der Waals surface area contributed by atoms with Crippen molar-refractivity contribution in [2.24, 2.45) is 17.2 Å². The van der Waals surface area contributed by atoms with Crippen LogP contribution in [-0.2, 0) is 0 Å². The predicted octanol–water partition coefficient (Wildman–Crippen LogP) is 2.34. The number of nitrogen functional groups attached to an aromatic ring is 1. The van der Waals surface area contributed by atoms with E-state index >= 15 is 0 Å². The molecule has 1 aromatic rings. The quantitative estimate of drug-likeness (QED) is 0.551. The molecule has 18 heavy (non-hydrogen) atoms. The van der Waals surface area contributed by atoms with Gasteiger partial charge >= 0.3 is 0 Å². The van der Waals surface area contributed by atoms with E-state index in [1.807, 2.05) is 6.07 Å². The molecule has 1 fully saturated rings. The van der Waals surface area contributed by atoms with Crippen molar-refractivity contribution in [3.63, 3.8) is 0 Å². The summed E-state index contributed by atoms with van der Waals surface area (Å²) in [5.41, 5.74) is 3.07. The molecule has 1 atom stereocenters. The van der Waals surface area contributed by atoms with Crippen LogP contribution in [0.25, 0.3) is 0 Å². The van der Waals surface area contributed by atoms with Gasteiger partial charge in [0, 0.05) is 18.5 Å². The number of nitrogens with zero attached hydrogens (tertiary/aromatic N) is 2. The second-order valence-corrected chi connectivity index (χ2v) is 6.07. The van der Waals surface area contributed by atoms with Gasteiger partial charge in [0.2, 0.25) is 0 Å². The van der Waals surface area contributed by atoms with E-state index in [0.717, 1.165) is 24.1 Å². The third-order valence-corrected chi connectivity index (χ3v) is 3.65. The molecule has 1 aliphatic rings. The van der Waals surface area contributed by atoms with E-state index in [0.29, 0.717) is 11.2 Å². The Hall–Kier alpha value is -1.36. The molecule has 5 nitrogen and oxygen atoms in total. The normalized spacial score (nSPS) is 20.9. The van der Waals surface area contributed by atoms with Gasteiger partial charge in [0.15, 0.2) is 0 Å². The molecule has 0 saturated heterocycles. The zero-order chi connectivity index (χ0) is 13.3. The van der Waals surface area contributed by atoms with Crippen molar-refractivity contribution >= 4 is 11.6 Å². The number of anilines is 2. The number of hydrazine groups is 1. The van der Waals surface area contributed by atoms with Gasteiger partial charge in [-0.1, -0.05) is 27.7 Å². The Labute approximate surface area is 109 Å². The SMILES string of the molecule is CC(C)c1nc(NN)cc(NCC2CC2(C)C)n1. The van der Waals surface area contributed by atoms with Crippen LogP contribution >= 0.6 is 0 Å². The summed E-state index contributed by atoms with van der Waals surface area (Å²) in [7, 11) is 0. The standard InChI is InChI=1S/C13H23N5/c1-8(2)12-16-10(5-11(17-12)18-14)15-7-9-6-13(9,3)4/h5,8-9H,6-7,14H2,1-4H3,(H2,15,16,17,18). The predicted molar refractivity (Wildman–Crippen MR) is 74.3 cm³/mol. The smallest absolute Gasteiger partial charge is 0.145 e. The van der Waals surface area contributed by atoms with Gasteiger partial charge in [-0.3, -0.25) is 0 Å². The molecular formula is C13H23N5. The topological polar surface area (TPSA) is 75.9 Å². The number of nitrogens with one attached hydrogen (secondary N) is 2. The molecule has 100 valence electrons. The molecule has 0 aromatic carbocycles. The summed E-state index contributed by atoms with van der Waals surface area (Å²) in [6.45, 7) is 9.70. The second kappa shape index (κ2) is 4.72. The van der Waals surface area contributed by atoms with Gasteiger partial charge in [0.05, 0.1) is 0 Å². The number of hydrogen-bond acceptors (Lipinski definition) is 5. The Balaban J connectivity index is 2.05. The first-order valence-electron chi connectivity index (χ1n) is 6.52. The van der Waals surface area contributed by atoms with Crippen LogP contribution in [0.5, 0.6) is 0 Å². The molecule has 1 aromatic heterocycles. The summed E-state index contributed by atoms with van der Waals surface area (Å²) in [5.74, 6) is 8.78. The van der Waals surface area contributed by atoms with Crippen LogP contribution in [0.15, 0.2) is 6.07 Å². The fourth-order valence-corrected chi connectivity index (χ4v) is 2.04. The molecule has 1 unspecified atom stereocenters. The summed E-state index contributed by atoms with van der Waals surface area (Å²) in [6, 6.07) is 1.85. The number of aromatic nitrogens is 2. The average Bonchev–Trinajstić information content (AvgIpc) is 2.94. The van der Waals surface area contributed by atoms with Gasteiger partial charge in [0.25, 0.3) is 0 Å². The van der Waals surface area contributed by atoms with Gasteiger partial charge in [-0.15, -0.1) is 0 Å². The summed E-state index contributed by atoms with van der Waals surface area (Å²) >= 11 is 0. The number of hydrogen-bond donors (Lipinski definition) is 3. The van der Waals surface area contributed by atoms with E-state index in [1.54, 1.807) is 0 Å². The molecule has 1 heterocycles. The van der Waals surface area contributed by atoms with Gasteiger partial charge < -0.3 is 10.7 Å². The monoisotopic (exact) mass is 249 g/mol. The molecule has 0 bridgehead atoms. The first-order valence-corrected chi connectivity index (χ1v) is 6.52. The van der Waals surface area contributed by atoms with Gasteiger partial charge in [-0.05, 0) is 17.8 Å². The van der Waals surface area contributed by atoms with Crippen molar-refractivity contribution < 1.29 is 0 Å². The van der Waals surface area contributed by atoms with Crippen LogP contribution < -0.4 is 16.6 Å². The number of rotatable bonds is 5. The van der Waals surface area contributed by atoms with Crippen LogP contribution in [0.2, 0.25) is 0 Å². The van der Waals surface area contributed by atoms with Crippen molar-refractivity contribution in [2.45, 2.75) is 40.0 Å². The lowest BCUT2D eigenvalue weighted by Crippen LogP contribution is -2.14. The Morgan fingerprint density at radius 2 is 2.00 bits per heavy atom. The Morgan fingerprint density at radius 3 is 2.50 bits per heavy atom. The molecule has 1 saturated carbocycles. The van der Waals surface area contributed by atoms with E-state index in [4.69, 9.17) is 5.84 Å². The zero-order valence-electron chi connectivity index (χ0n) is 11.6. The lowest BCUT2D eigenvalue weighted by Gasteiger charge is -2.11. The maximum atomic E-state index is 5.43. The fourth-order valence-electron chi connectivity index (χ4n) is 2.04. The minimum atomic E-state index is 0.288. The Kier molecular flexibility index (Phi) is 3.43. The van der Waals surface area contributed by atoms with Crippen LogP contribution in [0.1, 0.15) is 45.9 Å². The third kappa shape index (κ3) is 2.90. The van der Waals surface area contributed by atoms with Gasteiger partial charge in [-0.25, -0.2) is 15.8 Å². The molecular weight excluding hydrogens is 226 g/mol. The summed E-state index contributed by atoms with van der Waals surface area (Å²) < 4.78 is 0. The lowest BCUT2D eigenvalue weighted by atomic mass is 10.1. The van der Waals surface area contributed by atoms with E-state index in [1.165, 1.54) is 6.42 Å². The van der Waals surface area contributed by atoms with Crippen molar-refractivity contribution in [3.8, 4) is 0 Å². The first-order chi connectivity index (χ1) is 8.42. The van der Waals surface area contributed by atoms with Crippen molar-refractivity contribution in [2.75, 3.05) is 17.3 Å². The van der Waals surface area contributed by atoms with Crippen LogP contribution in [0, 0.1) is 11.3 Å². The molecule has 0 radical (unpaired) electrons. The highest BCUT2D eigenvalue weighted by molar-refractivity contribution is 5.47. The van der Waals surface area contributed by atoms with E-state index in [2.05, 4.69) is 48.4 Å². The highest BCUT2D eigenvalue weighted by Gasteiger charge is 2.44. The van der Waals surface area contributed by atoms with Crippen LogP contribution in [0.4, 0.5) is 11.6 Å². The molecule has 2 rings (SSSR count). The van der Waals surface area contributed by atoms with Crippen molar-refractivity contribution in [3.05, 3.63) is 11.9 Å². The van der Waals surface area contributed by atoms with Gasteiger partial charge in [-0.2, -0.15) is 0 Å². The Morgan fingerprint density at radius 1 is 1.39 bits per heavy atom. The van der Waals surface area contributed by atoms with Crippen LogP contribution in [0.3, 0.4) is 0 Å². The zero-order valence-corrected chi connectivity index (χ0v) is 11.6. The lowest BCUT2D eigenvalue weighted by molar-refractivity contribution is 0.572. The Bertz CT molecular complexity index is 427. The highest BCUT2D eigenvalue weighted by atomic mass is 15.3.